The highest BCUT2D eigenvalue weighted by Crippen LogP contribution is 2.22. The molecule has 0 saturated carbocycles. The Morgan fingerprint density at radius 2 is 1.74 bits per heavy atom. The van der Waals surface area contributed by atoms with Crippen molar-refractivity contribution in [2.75, 3.05) is 63.2 Å². The summed E-state index contributed by atoms with van der Waals surface area (Å²) in [5, 5.41) is 8.21. The van der Waals surface area contributed by atoms with Gasteiger partial charge in [-0.3, -0.25) is 4.90 Å². The molecular weight excluding hydrogens is 476 g/mol. The van der Waals surface area contributed by atoms with Crippen LogP contribution < -0.4 is 15.4 Å². The van der Waals surface area contributed by atoms with E-state index in [4.69, 9.17) is 20.6 Å². The average molecular weight is 527 g/mol. The van der Waals surface area contributed by atoms with E-state index in [1.807, 2.05) is 64.2 Å². The number of H-pyrrole nitrogens is 1. The maximum absolute atomic E-state index is 7.10. The van der Waals surface area contributed by atoms with E-state index in [0.29, 0.717) is 18.2 Å². The number of aromatic nitrogens is 2. The Labute approximate surface area is 230 Å². The third kappa shape index (κ3) is 11.1. The summed E-state index contributed by atoms with van der Waals surface area (Å²) >= 11 is 0. The van der Waals surface area contributed by atoms with Gasteiger partial charge in [-0.05, 0) is 18.9 Å². The molecule has 0 unspecified atom stereocenters. The molecule has 212 valence electrons. The van der Waals surface area contributed by atoms with Gasteiger partial charge < -0.3 is 30.5 Å². The van der Waals surface area contributed by atoms with Crippen LogP contribution in [0.3, 0.4) is 0 Å². The average Bonchev–Trinajstić information content (AvgIpc) is 3.39. The summed E-state index contributed by atoms with van der Waals surface area (Å²) in [7, 11) is 0. The molecule has 8 nitrogen and oxygen atoms in total. The van der Waals surface area contributed by atoms with Gasteiger partial charge in [-0.1, -0.05) is 59.7 Å². The first-order valence-electron chi connectivity index (χ1n) is 14.2. The number of ether oxygens (including phenoxy) is 2. The summed E-state index contributed by atoms with van der Waals surface area (Å²) in [5.41, 5.74) is 8.77. The van der Waals surface area contributed by atoms with Crippen LogP contribution in [0.1, 0.15) is 59.9 Å². The molecule has 38 heavy (non-hydrogen) atoms. The van der Waals surface area contributed by atoms with E-state index in [1.165, 1.54) is 6.21 Å². The van der Waals surface area contributed by atoms with E-state index in [-0.39, 0.29) is 0 Å². The van der Waals surface area contributed by atoms with Gasteiger partial charge >= 0.3 is 0 Å². The summed E-state index contributed by atoms with van der Waals surface area (Å²) in [6, 6.07) is 11.7. The Bertz CT molecular complexity index is 1010. The minimum absolute atomic E-state index is 0.616. The Hall–Kier alpha value is -3.10. The van der Waals surface area contributed by atoms with Crippen LogP contribution in [-0.2, 0) is 4.74 Å². The first-order chi connectivity index (χ1) is 18.6. The number of fused-ring (bicyclic) bond motifs is 1. The quantitative estimate of drug-likeness (QED) is 0.271. The van der Waals surface area contributed by atoms with Crippen molar-refractivity contribution in [3.8, 4) is 5.88 Å². The predicted octanol–water partition coefficient (Wildman–Crippen LogP) is 6.22. The number of rotatable bonds is 10. The minimum atomic E-state index is 0.616. The lowest BCUT2D eigenvalue weighted by molar-refractivity contribution is 0.0320. The van der Waals surface area contributed by atoms with Crippen LogP contribution in [0.15, 0.2) is 42.6 Å². The number of nitrogens with one attached hydrogen (secondary N) is 2. The topological polar surface area (TPSA) is 103 Å². The summed E-state index contributed by atoms with van der Waals surface area (Å²) < 4.78 is 11.2. The largest absolute Gasteiger partial charge is 0.476 e. The third-order valence-electron chi connectivity index (χ3n) is 5.66. The van der Waals surface area contributed by atoms with Crippen LogP contribution in [0.25, 0.3) is 10.9 Å². The second-order valence-corrected chi connectivity index (χ2v) is 8.32. The van der Waals surface area contributed by atoms with Crippen molar-refractivity contribution in [1.82, 2.24) is 14.9 Å². The van der Waals surface area contributed by atoms with E-state index in [9.17, 15) is 0 Å². The molecule has 4 N–H and O–H groups in total. The van der Waals surface area contributed by atoms with Crippen molar-refractivity contribution in [1.29, 1.82) is 5.41 Å². The van der Waals surface area contributed by atoms with E-state index in [0.717, 1.165) is 81.1 Å². The molecule has 1 aliphatic heterocycles. The molecule has 3 heterocycles. The van der Waals surface area contributed by atoms with Gasteiger partial charge in [0.25, 0.3) is 0 Å². The SMILES string of the molecule is CC.CC.CCCN(CCC)c1cc(N)cc(OCCN2CCOCC2)n1.N=Cc1c[nH]c2ccccc12. The number of para-hydroxylation sites is 1. The molecule has 0 bridgehead atoms. The molecular formula is C30H50N6O2. The number of hydrogen-bond acceptors (Lipinski definition) is 7. The molecule has 0 radical (unpaired) electrons. The van der Waals surface area contributed by atoms with Gasteiger partial charge in [-0.2, -0.15) is 4.98 Å². The molecule has 4 rings (SSSR count). The third-order valence-corrected chi connectivity index (χ3v) is 5.66. The molecule has 0 aliphatic carbocycles. The first-order valence-corrected chi connectivity index (χ1v) is 14.2. The molecule has 2 aromatic heterocycles. The van der Waals surface area contributed by atoms with Crippen LogP contribution in [0.5, 0.6) is 5.88 Å². The molecule has 0 spiro atoms. The zero-order valence-electron chi connectivity index (χ0n) is 24.4. The normalized spacial score (nSPS) is 12.7. The van der Waals surface area contributed by atoms with Gasteiger partial charge in [0, 0.05) is 79.4 Å². The van der Waals surface area contributed by atoms with Gasteiger partial charge in [0.1, 0.15) is 12.4 Å². The second-order valence-electron chi connectivity index (χ2n) is 8.32. The monoisotopic (exact) mass is 526 g/mol. The van der Waals surface area contributed by atoms with Crippen molar-refractivity contribution in [2.24, 2.45) is 0 Å². The number of hydrogen-bond donors (Lipinski definition) is 3. The van der Waals surface area contributed by atoms with Crippen LogP contribution >= 0.6 is 0 Å². The summed E-state index contributed by atoms with van der Waals surface area (Å²) in [6.45, 7) is 19.4. The minimum Gasteiger partial charge on any atom is -0.476 e. The van der Waals surface area contributed by atoms with Crippen LogP contribution in [-0.4, -0.2) is 73.6 Å². The lowest BCUT2D eigenvalue weighted by Crippen LogP contribution is -2.38. The molecule has 3 aromatic rings. The van der Waals surface area contributed by atoms with Crippen molar-refractivity contribution < 1.29 is 9.47 Å². The second kappa shape index (κ2) is 19.9. The fourth-order valence-electron chi connectivity index (χ4n) is 3.94. The summed E-state index contributed by atoms with van der Waals surface area (Å²) in [5.74, 6) is 1.53. The molecule has 1 aromatic carbocycles. The van der Waals surface area contributed by atoms with Crippen molar-refractivity contribution in [3.63, 3.8) is 0 Å². The van der Waals surface area contributed by atoms with Gasteiger partial charge in [0.15, 0.2) is 0 Å². The highest BCUT2D eigenvalue weighted by Gasteiger charge is 2.12. The number of nitrogens with zero attached hydrogens (tertiary/aromatic N) is 3. The van der Waals surface area contributed by atoms with E-state index in [2.05, 4.69) is 33.6 Å². The standard InChI is InChI=1S/C17H30N4O2.C9H8N2.2C2H6/c1-3-5-21(6-4-2)16-13-15(18)14-17(19-16)23-12-9-20-7-10-22-11-8-20;10-5-7-6-11-9-4-2-1-3-8(7)9;2*1-2/h13-14H,3-12H2,1-2H3,(H2,18,19);1-6,10-11H;2*1-2H3. The lowest BCUT2D eigenvalue weighted by atomic mass is 10.2. The van der Waals surface area contributed by atoms with Crippen molar-refractivity contribution >= 4 is 28.6 Å². The number of morpholine rings is 1. The van der Waals surface area contributed by atoms with Crippen LogP contribution in [0.4, 0.5) is 11.5 Å². The molecule has 0 amide bonds. The Balaban J connectivity index is 0.000000399. The zero-order chi connectivity index (χ0) is 28.2. The number of nitrogens with two attached hydrogens (primary N) is 1. The van der Waals surface area contributed by atoms with Gasteiger partial charge in [-0.25, -0.2) is 0 Å². The maximum atomic E-state index is 7.10. The van der Waals surface area contributed by atoms with Gasteiger partial charge in [0.2, 0.25) is 5.88 Å². The van der Waals surface area contributed by atoms with E-state index >= 15 is 0 Å². The van der Waals surface area contributed by atoms with Crippen LogP contribution in [0.2, 0.25) is 0 Å². The molecule has 0 atom stereocenters. The molecule has 8 heteroatoms. The Morgan fingerprint density at radius 3 is 2.37 bits per heavy atom. The summed E-state index contributed by atoms with van der Waals surface area (Å²) in [6.07, 6.45) is 5.38. The van der Waals surface area contributed by atoms with Crippen molar-refractivity contribution in [2.45, 2.75) is 54.4 Å². The molecule has 1 aliphatic rings. The predicted molar refractivity (Wildman–Crippen MR) is 163 cm³/mol. The molecule has 1 fully saturated rings. The number of aromatic amines is 1. The number of benzene rings is 1. The summed E-state index contributed by atoms with van der Waals surface area (Å²) in [4.78, 5) is 12.3. The van der Waals surface area contributed by atoms with E-state index < -0.39 is 0 Å². The van der Waals surface area contributed by atoms with Crippen LogP contribution in [0, 0.1) is 5.41 Å². The highest BCUT2D eigenvalue weighted by atomic mass is 16.5. The fraction of sp³-hybridized carbons (Fsp3) is 0.533. The first kappa shape index (κ1) is 32.9. The highest BCUT2D eigenvalue weighted by molar-refractivity contribution is 5.97. The zero-order valence-corrected chi connectivity index (χ0v) is 24.4. The maximum Gasteiger partial charge on any atom is 0.217 e. The number of nitrogen functional groups attached to an aromatic ring is 1. The smallest absolute Gasteiger partial charge is 0.217 e. The van der Waals surface area contributed by atoms with Gasteiger partial charge in [0.05, 0.1) is 13.2 Å². The molecule has 1 saturated heterocycles. The number of anilines is 2. The van der Waals surface area contributed by atoms with E-state index in [1.54, 1.807) is 6.07 Å². The fourth-order valence-corrected chi connectivity index (χ4v) is 3.94. The van der Waals surface area contributed by atoms with Gasteiger partial charge in [-0.15, -0.1) is 0 Å². The lowest BCUT2D eigenvalue weighted by Gasteiger charge is -2.26. The number of pyridine rings is 1. The Kier molecular flexibility index (Phi) is 17.3. The Morgan fingerprint density at radius 1 is 1.08 bits per heavy atom. The van der Waals surface area contributed by atoms with Crippen molar-refractivity contribution in [3.05, 3.63) is 48.2 Å².